The molecular formula is C19H18F3N7O2. The first kappa shape index (κ1) is 19.5. The predicted octanol–water partition coefficient (Wildman–Crippen LogP) is 2.80. The standard InChI is InChI=1S/C19H18F3N7O2/c1-29-9-12(25-13-5-4-11(8-24-13)19(20,21)22)14(28-29)15-26-27-17(31-15)18(10-2-3-10)6-7-23-16(18)30/h4-5,8-10H,2-3,6-7H2,1H3,(H,23,30)(H,24,25)/t18-/m1/s1. The van der Waals surface area contributed by atoms with Crippen LogP contribution in [0.25, 0.3) is 11.6 Å². The molecule has 2 fully saturated rings. The van der Waals surface area contributed by atoms with Gasteiger partial charge in [0.05, 0.1) is 11.3 Å². The van der Waals surface area contributed by atoms with E-state index in [1.165, 1.54) is 10.7 Å². The predicted molar refractivity (Wildman–Crippen MR) is 101 cm³/mol. The molecule has 3 aromatic heterocycles. The first-order valence-corrected chi connectivity index (χ1v) is 9.74. The number of carbonyl (C=O) groups is 1. The molecule has 3 aromatic rings. The number of halogens is 3. The van der Waals surface area contributed by atoms with Crippen LogP contribution in [0.2, 0.25) is 0 Å². The number of aromatic nitrogens is 5. The Kier molecular flexibility index (Phi) is 4.27. The molecule has 2 aliphatic rings. The fourth-order valence-corrected chi connectivity index (χ4v) is 4.00. The lowest BCUT2D eigenvalue weighted by Gasteiger charge is -2.20. The van der Waals surface area contributed by atoms with E-state index in [1.54, 1.807) is 13.2 Å². The van der Waals surface area contributed by atoms with Crippen molar-refractivity contribution in [3.05, 3.63) is 36.0 Å². The molecule has 162 valence electrons. The second-order valence-corrected chi connectivity index (χ2v) is 7.78. The van der Waals surface area contributed by atoms with E-state index in [0.29, 0.717) is 24.3 Å². The molecule has 1 saturated carbocycles. The molecule has 31 heavy (non-hydrogen) atoms. The molecule has 1 aliphatic heterocycles. The van der Waals surface area contributed by atoms with Gasteiger partial charge in [0.25, 0.3) is 5.89 Å². The molecule has 1 amide bonds. The molecule has 0 spiro atoms. The monoisotopic (exact) mass is 433 g/mol. The maximum Gasteiger partial charge on any atom is 0.417 e. The van der Waals surface area contributed by atoms with Gasteiger partial charge in [0.1, 0.15) is 11.2 Å². The van der Waals surface area contributed by atoms with Crippen LogP contribution >= 0.6 is 0 Å². The third-order valence-electron chi connectivity index (χ3n) is 5.68. The minimum absolute atomic E-state index is 0.0986. The van der Waals surface area contributed by atoms with Crippen LogP contribution in [0.15, 0.2) is 28.9 Å². The van der Waals surface area contributed by atoms with Gasteiger partial charge >= 0.3 is 6.18 Å². The lowest BCUT2D eigenvalue weighted by molar-refractivity contribution is -0.137. The largest absolute Gasteiger partial charge is 0.418 e. The van der Waals surface area contributed by atoms with Crippen molar-refractivity contribution in [2.75, 3.05) is 11.9 Å². The second kappa shape index (κ2) is 6.79. The number of alkyl halides is 3. The minimum Gasteiger partial charge on any atom is -0.418 e. The van der Waals surface area contributed by atoms with Crippen LogP contribution in [-0.2, 0) is 23.4 Å². The Hall–Kier alpha value is -3.44. The Morgan fingerprint density at radius 3 is 2.71 bits per heavy atom. The quantitative estimate of drug-likeness (QED) is 0.637. The highest BCUT2D eigenvalue weighted by molar-refractivity contribution is 5.90. The van der Waals surface area contributed by atoms with Gasteiger partial charge in [-0.25, -0.2) is 4.98 Å². The van der Waals surface area contributed by atoms with Crippen molar-refractivity contribution in [3.63, 3.8) is 0 Å². The van der Waals surface area contributed by atoms with Crippen LogP contribution in [0.5, 0.6) is 0 Å². The molecule has 1 aliphatic carbocycles. The first-order valence-electron chi connectivity index (χ1n) is 9.74. The van der Waals surface area contributed by atoms with E-state index in [2.05, 4.69) is 30.9 Å². The first-order chi connectivity index (χ1) is 14.8. The molecule has 0 unspecified atom stereocenters. The van der Waals surface area contributed by atoms with Crippen molar-refractivity contribution >= 4 is 17.4 Å². The second-order valence-electron chi connectivity index (χ2n) is 7.78. The maximum atomic E-state index is 12.8. The number of rotatable bonds is 5. The van der Waals surface area contributed by atoms with Crippen LogP contribution in [0.1, 0.15) is 30.7 Å². The summed E-state index contributed by atoms with van der Waals surface area (Å²) in [5.41, 5.74) is -0.900. The Labute approximate surface area is 174 Å². The molecule has 1 atom stereocenters. The van der Waals surface area contributed by atoms with Crippen molar-refractivity contribution in [2.45, 2.75) is 30.9 Å². The van der Waals surface area contributed by atoms with Gasteiger partial charge in [-0.15, -0.1) is 10.2 Å². The van der Waals surface area contributed by atoms with Crippen molar-refractivity contribution in [1.29, 1.82) is 0 Å². The highest BCUT2D eigenvalue weighted by atomic mass is 19.4. The van der Waals surface area contributed by atoms with Gasteiger partial charge in [0.15, 0.2) is 5.69 Å². The molecule has 9 nitrogen and oxygen atoms in total. The number of carbonyl (C=O) groups excluding carboxylic acids is 1. The van der Waals surface area contributed by atoms with E-state index in [9.17, 15) is 18.0 Å². The number of nitrogens with one attached hydrogen (secondary N) is 2. The van der Waals surface area contributed by atoms with Crippen molar-refractivity contribution in [3.8, 4) is 11.6 Å². The molecular weight excluding hydrogens is 415 g/mol. The number of pyridine rings is 1. The van der Waals surface area contributed by atoms with Gasteiger partial charge < -0.3 is 15.1 Å². The maximum absolute atomic E-state index is 12.8. The summed E-state index contributed by atoms with van der Waals surface area (Å²) in [5.74, 6) is 0.667. The van der Waals surface area contributed by atoms with E-state index in [1.807, 2.05) is 0 Å². The van der Waals surface area contributed by atoms with Gasteiger partial charge in [-0.3, -0.25) is 9.48 Å². The van der Waals surface area contributed by atoms with Crippen molar-refractivity contribution < 1.29 is 22.4 Å². The number of hydrogen-bond donors (Lipinski definition) is 2. The van der Waals surface area contributed by atoms with Gasteiger partial charge in [-0.05, 0) is 37.3 Å². The molecule has 2 N–H and O–H groups in total. The molecule has 12 heteroatoms. The number of anilines is 2. The Morgan fingerprint density at radius 1 is 1.29 bits per heavy atom. The zero-order valence-corrected chi connectivity index (χ0v) is 16.4. The Morgan fingerprint density at radius 2 is 2.10 bits per heavy atom. The summed E-state index contributed by atoms with van der Waals surface area (Å²) in [4.78, 5) is 16.4. The van der Waals surface area contributed by atoms with Crippen LogP contribution in [0.4, 0.5) is 24.7 Å². The molecule has 0 aromatic carbocycles. The van der Waals surface area contributed by atoms with Crippen molar-refractivity contribution in [1.82, 2.24) is 30.3 Å². The Balaban J connectivity index is 1.45. The summed E-state index contributed by atoms with van der Waals surface area (Å²) >= 11 is 0. The molecule has 1 saturated heterocycles. The average molecular weight is 433 g/mol. The summed E-state index contributed by atoms with van der Waals surface area (Å²) in [7, 11) is 1.68. The smallest absolute Gasteiger partial charge is 0.417 e. The van der Waals surface area contributed by atoms with Gasteiger partial charge in [0, 0.05) is 26.0 Å². The van der Waals surface area contributed by atoms with Crippen LogP contribution in [0, 0.1) is 5.92 Å². The highest BCUT2D eigenvalue weighted by Crippen LogP contribution is 2.51. The lowest BCUT2D eigenvalue weighted by Crippen LogP contribution is -2.38. The van der Waals surface area contributed by atoms with E-state index in [4.69, 9.17) is 4.42 Å². The molecule has 0 radical (unpaired) electrons. The van der Waals surface area contributed by atoms with Crippen LogP contribution < -0.4 is 10.6 Å². The average Bonchev–Trinajstić information content (AvgIpc) is 3.14. The molecule has 0 bridgehead atoms. The Bertz CT molecular complexity index is 1130. The fraction of sp³-hybridized carbons (Fsp3) is 0.421. The van der Waals surface area contributed by atoms with Gasteiger partial charge in [-0.2, -0.15) is 18.3 Å². The van der Waals surface area contributed by atoms with Gasteiger partial charge in [0.2, 0.25) is 11.8 Å². The lowest BCUT2D eigenvalue weighted by atomic mass is 9.81. The molecule has 4 heterocycles. The fourth-order valence-electron chi connectivity index (χ4n) is 4.00. The molecule has 5 rings (SSSR count). The van der Waals surface area contributed by atoms with Crippen LogP contribution in [0.3, 0.4) is 0 Å². The van der Waals surface area contributed by atoms with Crippen molar-refractivity contribution in [2.24, 2.45) is 13.0 Å². The summed E-state index contributed by atoms with van der Waals surface area (Å²) in [6, 6.07) is 2.16. The SMILES string of the molecule is Cn1cc(Nc2ccc(C(F)(F)F)cn2)c(-c2nnc([C@@]3(C4CC4)CCNC3=O)o2)n1. The third-order valence-corrected chi connectivity index (χ3v) is 5.68. The minimum atomic E-state index is -4.46. The summed E-state index contributed by atoms with van der Waals surface area (Å²) in [5, 5.41) is 18.4. The number of nitrogens with zero attached hydrogens (tertiary/aromatic N) is 5. The summed E-state index contributed by atoms with van der Waals surface area (Å²) < 4.78 is 45.7. The van der Waals surface area contributed by atoms with E-state index >= 15 is 0 Å². The number of aryl methyl sites for hydroxylation is 1. The zero-order chi connectivity index (χ0) is 21.8. The third kappa shape index (κ3) is 3.31. The number of amides is 1. The summed E-state index contributed by atoms with van der Waals surface area (Å²) in [6.45, 7) is 0.559. The summed E-state index contributed by atoms with van der Waals surface area (Å²) in [6.07, 6.45) is 0.372. The van der Waals surface area contributed by atoms with Crippen LogP contribution in [-0.4, -0.2) is 37.4 Å². The topological polar surface area (TPSA) is 111 Å². The van der Waals surface area contributed by atoms with E-state index in [-0.39, 0.29) is 29.4 Å². The normalized spacial score (nSPS) is 21.4. The van der Waals surface area contributed by atoms with Gasteiger partial charge in [-0.1, -0.05) is 0 Å². The van der Waals surface area contributed by atoms with E-state index in [0.717, 1.165) is 25.1 Å². The number of hydrogen-bond acceptors (Lipinski definition) is 7. The highest BCUT2D eigenvalue weighted by Gasteiger charge is 2.58. The zero-order valence-electron chi connectivity index (χ0n) is 16.4. The van der Waals surface area contributed by atoms with E-state index < -0.39 is 17.2 Å².